The highest BCUT2D eigenvalue weighted by Gasteiger charge is 2.22. The Bertz CT molecular complexity index is 1370. The van der Waals surface area contributed by atoms with Crippen LogP contribution in [0.3, 0.4) is 0 Å². The lowest BCUT2D eigenvalue weighted by Gasteiger charge is -2.12. The Labute approximate surface area is 242 Å². The smallest absolute Gasteiger partial charge is 0.307 e. The number of hydrogen-bond acceptors (Lipinski definition) is 5. The third-order valence-electron chi connectivity index (χ3n) is 7.12. The number of aromatic nitrogens is 2. The first-order valence-corrected chi connectivity index (χ1v) is 14.4. The fourth-order valence-electron chi connectivity index (χ4n) is 4.76. The molecule has 212 valence electrons. The van der Waals surface area contributed by atoms with E-state index < -0.39 is 11.9 Å². The van der Waals surface area contributed by atoms with Crippen LogP contribution >= 0.6 is 0 Å². The van der Waals surface area contributed by atoms with Gasteiger partial charge in [0.2, 0.25) is 0 Å². The molecule has 6 nitrogen and oxygen atoms in total. The molecule has 0 spiro atoms. The first kappa shape index (κ1) is 29.7. The van der Waals surface area contributed by atoms with Crippen LogP contribution in [0.1, 0.15) is 56.6 Å². The summed E-state index contributed by atoms with van der Waals surface area (Å²) in [6, 6.07) is 24.9. The zero-order chi connectivity index (χ0) is 28.9. The molecule has 1 aromatic heterocycles. The van der Waals surface area contributed by atoms with E-state index in [-0.39, 0.29) is 25.0 Å². The molecule has 4 aromatic rings. The molecule has 4 rings (SSSR count). The maximum absolute atomic E-state index is 12.5. The molecular formula is C35H38N2O4. The molecule has 0 aliphatic carbocycles. The summed E-state index contributed by atoms with van der Waals surface area (Å²) in [6.07, 6.45) is 10.2. The van der Waals surface area contributed by atoms with Crippen molar-refractivity contribution in [1.82, 2.24) is 9.97 Å². The van der Waals surface area contributed by atoms with Crippen LogP contribution in [0.25, 0.3) is 22.5 Å². The van der Waals surface area contributed by atoms with Crippen LogP contribution in [0.15, 0.2) is 91.3 Å². The third-order valence-corrected chi connectivity index (χ3v) is 7.12. The second-order valence-corrected chi connectivity index (χ2v) is 10.4. The Balaban J connectivity index is 1.30. The van der Waals surface area contributed by atoms with Gasteiger partial charge in [-0.25, -0.2) is 9.97 Å². The number of rotatable bonds is 16. The molecule has 1 atom stereocenters. The summed E-state index contributed by atoms with van der Waals surface area (Å²) in [6.45, 7) is 2.96. The highest BCUT2D eigenvalue weighted by atomic mass is 16.5. The second-order valence-electron chi connectivity index (χ2n) is 10.4. The van der Waals surface area contributed by atoms with Gasteiger partial charge in [0.15, 0.2) is 5.82 Å². The predicted molar refractivity (Wildman–Crippen MR) is 162 cm³/mol. The first-order valence-electron chi connectivity index (χ1n) is 14.4. The third kappa shape index (κ3) is 9.38. The van der Waals surface area contributed by atoms with Crippen LogP contribution in [-0.2, 0) is 22.4 Å². The van der Waals surface area contributed by atoms with Crippen molar-refractivity contribution in [2.45, 2.75) is 58.3 Å². The second kappa shape index (κ2) is 15.5. The van der Waals surface area contributed by atoms with Gasteiger partial charge in [0.05, 0.1) is 12.5 Å². The Kier molecular flexibility index (Phi) is 11.2. The van der Waals surface area contributed by atoms with Crippen molar-refractivity contribution < 1.29 is 19.4 Å². The van der Waals surface area contributed by atoms with Gasteiger partial charge in [-0.1, -0.05) is 99.3 Å². The first-order chi connectivity index (χ1) is 20.0. The summed E-state index contributed by atoms with van der Waals surface area (Å²) < 4.78 is 5.86. The number of aliphatic carboxylic acids is 1. The van der Waals surface area contributed by atoms with Crippen LogP contribution < -0.4 is 4.74 Å². The Morgan fingerprint density at radius 3 is 2.07 bits per heavy atom. The summed E-state index contributed by atoms with van der Waals surface area (Å²) in [5.41, 5.74) is 4.53. The van der Waals surface area contributed by atoms with E-state index in [0.717, 1.165) is 46.6 Å². The minimum absolute atomic E-state index is 0.00268. The normalized spacial score (nSPS) is 11.6. The molecule has 0 radical (unpaired) electrons. The summed E-state index contributed by atoms with van der Waals surface area (Å²) in [4.78, 5) is 33.5. The minimum Gasteiger partial charge on any atom is -0.494 e. The van der Waals surface area contributed by atoms with Crippen LogP contribution in [0.4, 0.5) is 0 Å². The molecule has 0 unspecified atom stereocenters. The largest absolute Gasteiger partial charge is 0.494 e. The average Bonchev–Trinajstić information content (AvgIpc) is 3.00. The van der Waals surface area contributed by atoms with E-state index in [2.05, 4.69) is 16.9 Å². The van der Waals surface area contributed by atoms with E-state index >= 15 is 0 Å². The zero-order valence-electron chi connectivity index (χ0n) is 23.7. The quantitative estimate of drug-likeness (QED) is 0.144. The van der Waals surface area contributed by atoms with E-state index in [1.807, 2.05) is 78.9 Å². The van der Waals surface area contributed by atoms with Crippen LogP contribution in [0.5, 0.6) is 5.75 Å². The van der Waals surface area contributed by atoms with Crippen molar-refractivity contribution in [1.29, 1.82) is 0 Å². The molecule has 3 aromatic carbocycles. The summed E-state index contributed by atoms with van der Waals surface area (Å²) in [7, 11) is 0. The van der Waals surface area contributed by atoms with Crippen molar-refractivity contribution in [3.63, 3.8) is 0 Å². The number of ketones is 1. The van der Waals surface area contributed by atoms with Gasteiger partial charge in [-0.3, -0.25) is 9.59 Å². The molecule has 0 aliphatic rings. The lowest BCUT2D eigenvalue weighted by Crippen LogP contribution is -2.21. The van der Waals surface area contributed by atoms with E-state index in [4.69, 9.17) is 4.74 Å². The summed E-state index contributed by atoms with van der Waals surface area (Å²) >= 11 is 0. The van der Waals surface area contributed by atoms with Crippen LogP contribution in [-0.4, -0.2) is 33.4 Å². The fourth-order valence-corrected chi connectivity index (χ4v) is 4.76. The zero-order valence-corrected chi connectivity index (χ0v) is 23.7. The van der Waals surface area contributed by atoms with Crippen molar-refractivity contribution in [3.05, 3.63) is 102 Å². The number of benzene rings is 3. The lowest BCUT2D eigenvalue weighted by atomic mass is 9.92. The molecule has 0 saturated carbocycles. The number of hydrogen-bond donors (Lipinski definition) is 1. The van der Waals surface area contributed by atoms with Crippen molar-refractivity contribution in [3.8, 4) is 28.3 Å². The number of Topliss-reactive ketones (excluding diaryl/α,β-unsaturated/α-hetero) is 1. The van der Waals surface area contributed by atoms with Gasteiger partial charge in [0.25, 0.3) is 0 Å². The molecule has 0 bridgehead atoms. The standard InChI is InChI=1S/C35H38N2O4/c1-2-3-4-5-9-20-41-33-18-16-28(17-19-33)31-24-36-34(37-25-31)29-14-12-27(13-15-29)21-30(35(39)40)23-32(38)22-26-10-7-6-8-11-26/h6-8,10-19,24-25,30H,2-5,9,20-23H2,1H3,(H,39,40)/t30-/m1/s1. The SMILES string of the molecule is CCCCCCCOc1ccc(-c2cnc(-c3ccc(C[C@H](CC(=O)Cc4ccccc4)C(=O)O)cc3)nc2)cc1. The highest BCUT2D eigenvalue weighted by molar-refractivity contribution is 5.85. The molecular weight excluding hydrogens is 512 g/mol. The number of unbranched alkanes of at least 4 members (excludes halogenated alkanes) is 4. The van der Waals surface area contributed by atoms with Gasteiger partial charge in [-0.05, 0) is 41.7 Å². The van der Waals surface area contributed by atoms with E-state index in [1.165, 1.54) is 25.7 Å². The van der Waals surface area contributed by atoms with Crippen LogP contribution in [0, 0.1) is 5.92 Å². The van der Waals surface area contributed by atoms with Gasteiger partial charge >= 0.3 is 5.97 Å². The van der Waals surface area contributed by atoms with Crippen molar-refractivity contribution in [2.24, 2.45) is 5.92 Å². The Morgan fingerprint density at radius 2 is 1.41 bits per heavy atom. The van der Waals surface area contributed by atoms with Gasteiger partial charge in [-0.15, -0.1) is 0 Å². The van der Waals surface area contributed by atoms with Gasteiger partial charge < -0.3 is 9.84 Å². The Morgan fingerprint density at radius 1 is 0.756 bits per heavy atom. The summed E-state index contributed by atoms with van der Waals surface area (Å²) in [5, 5.41) is 9.71. The molecule has 6 heteroatoms. The Hall–Kier alpha value is -4.32. The molecule has 0 fully saturated rings. The topological polar surface area (TPSA) is 89.4 Å². The fraction of sp³-hybridized carbons (Fsp3) is 0.314. The number of carbonyl (C=O) groups is 2. The van der Waals surface area contributed by atoms with Gasteiger partial charge in [0, 0.05) is 36.4 Å². The van der Waals surface area contributed by atoms with Crippen molar-refractivity contribution >= 4 is 11.8 Å². The van der Waals surface area contributed by atoms with Gasteiger partial charge in [0.1, 0.15) is 11.5 Å². The molecule has 0 amide bonds. The van der Waals surface area contributed by atoms with Gasteiger partial charge in [-0.2, -0.15) is 0 Å². The number of nitrogens with zero attached hydrogens (tertiary/aromatic N) is 2. The molecule has 1 heterocycles. The van der Waals surface area contributed by atoms with E-state index in [9.17, 15) is 14.7 Å². The van der Waals surface area contributed by atoms with E-state index in [0.29, 0.717) is 5.82 Å². The maximum Gasteiger partial charge on any atom is 0.307 e. The number of carboxylic acids is 1. The monoisotopic (exact) mass is 550 g/mol. The lowest BCUT2D eigenvalue weighted by molar-refractivity contribution is -0.143. The molecule has 41 heavy (non-hydrogen) atoms. The number of ether oxygens (including phenoxy) is 1. The average molecular weight is 551 g/mol. The number of carboxylic acid groups (broad SMARTS) is 1. The molecule has 0 aliphatic heterocycles. The van der Waals surface area contributed by atoms with Crippen LogP contribution in [0.2, 0.25) is 0 Å². The number of carbonyl (C=O) groups excluding carboxylic acids is 1. The molecule has 0 saturated heterocycles. The minimum atomic E-state index is -0.962. The van der Waals surface area contributed by atoms with Crippen molar-refractivity contribution in [2.75, 3.05) is 6.61 Å². The highest BCUT2D eigenvalue weighted by Crippen LogP contribution is 2.24. The summed E-state index contributed by atoms with van der Waals surface area (Å²) in [5.74, 6) is -0.344. The molecule has 1 N–H and O–H groups in total. The maximum atomic E-state index is 12.5. The predicted octanol–water partition coefficient (Wildman–Crippen LogP) is 7.61. The van der Waals surface area contributed by atoms with E-state index in [1.54, 1.807) is 12.4 Å².